The molecule has 0 fully saturated rings. The molecule has 0 bridgehead atoms. The number of carbonyl (C=O) groups is 1. The van der Waals surface area contributed by atoms with Crippen LogP contribution in [0.5, 0.6) is 0 Å². The Morgan fingerprint density at radius 1 is 1.50 bits per heavy atom. The van der Waals surface area contributed by atoms with Crippen LogP contribution >= 0.6 is 0 Å². The highest BCUT2D eigenvalue weighted by atomic mass is 16.4. The summed E-state index contributed by atoms with van der Waals surface area (Å²) in [4.78, 5) is 15.0. The maximum Gasteiger partial charge on any atom is 0.335 e. The number of hydrogen-bond acceptors (Lipinski definition) is 3. The third-order valence-electron chi connectivity index (χ3n) is 2.83. The van der Waals surface area contributed by atoms with Crippen LogP contribution in [0, 0.1) is 6.92 Å². The topological polar surface area (TPSA) is 67.2 Å². The molecule has 0 aliphatic heterocycles. The molecule has 94 valence electrons. The monoisotopic (exact) mass is 245 g/mol. The first-order chi connectivity index (χ1) is 8.58. The van der Waals surface area contributed by atoms with Gasteiger partial charge in [-0.2, -0.15) is 0 Å². The van der Waals surface area contributed by atoms with E-state index in [0.717, 1.165) is 17.1 Å². The molecule has 0 spiro atoms. The van der Waals surface area contributed by atoms with Crippen LogP contribution in [0.2, 0.25) is 0 Å². The Kier molecular flexibility index (Phi) is 3.32. The molecule has 0 saturated heterocycles. The minimum absolute atomic E-state index is 0.301. The lowest BCUT2D eigenvalue weighted by Crippen LogP contribution is -2.07. The number of imidazole rings is 1. The maximum absolute atomic E-state index is 10.8. The van der Waals surface area contributed by atoms with Crippen LogP contribution in [0.3, 0.4) is 0 Å². The molecule has 0 radical (unpaired) electrons. The molecular weight excluding hydrogens is 230 g/mol. The molecule has 2 aromatic rings. The van der Waals surface area contributed by atoms with Crippen LogP contribution in [0.15, 0.2) is 30.6 Å². The van der Waals surface area contributed by atoms with Crippen LogP contribution in [0.25, 0.3) is 0 Å². The molecule has 5 heteroatoms. The Morgan fingerprint density at radius 2 is 2.28 bits per heavy atom. The number of anilines is 1. The van der Waals surface area contributed by atoms with Gasteiger partial charge in [0, 0.05) is 25.1 Å². The number of aromatic nitrogens is 2. The highest BCUT2D eigenvalue weighted by Crippen LogP contribution is 2.17. The summed E-state index contributed by atoms with van der Waals surface area (Å²) in [6.07, 6.45) is 3.63. The number of aryl methyl sites for hydroxylation is 2. The van der Waals surface area contributed by atoms with Crippen LogP contribution in [0.1, 0.15) is 21.7 Å². The van der Waals surface area contributed by atoms with E-state index in [-0.39, 0.29) is 0 Å². The summed E-state index contributed by atoms with van der Waals surface area (Å²) in [6.45, 7) is 2.49. The van der Waals surface area contributed by atoms with E-state index in [0.29, 0.717) is 12.1 Å². The van der Waals surface area contributed by atoms with E-state index in [2.05, 4.69) is 10.3 Å². The number of nitrogens with zero attached hydrogens (tertiary/aromatic N) is 2. The maximum atomic E-state index is 10.8. The van der Waals surface area contributed by atoms with Crippen LogP contribution in [-0.4, -0.2) is 20.6 Å². The predicted molar refractivity (Wildman–Crippen MR) is 68.7 cm³/mol. The van der Waals surface area contributed by atoms with E-state index in [1.54, 1.807) is 24.4 Å². The summed E-state index contributed by atoms with van der Waals surface area (Å²) in [5, 5.41) is 12.1. The number of hydrogen-bond donors (Lipinski definition) is 2. The largest absolute Gasteiger partial charge is 0.478 e. The minimum atomic E-state index is -0.909. The zero-order valence-electron chi connectivity index (χ0n) is 10.3. The third-order valence-corrected chi connectivity index (χ3v) is 2.83. The third kappa shape index (κ3) is 2.51. The number of benzene rings is 1. The van der Waals surface area contributed by atoms with E-state index in [1.807, 2.05) is 24.7 Å². The molecule has 1 aromatic heterocycles. The minimum Gasteiger partial charge on any atom is -0.478 e. The molecule has 0 aliphatic carbocycles. The second kappa shape index (κ2) is 4.91. The molecule has 0 amide bonds. The molecule has 2 rings (SSSR count). The van der Waals surface area contributed by atoms with Gasteiger partial charge in [0.15, 0.2) is 0 Å². The van der Waals surface area contributed by atoms with Crippen LogP contribution < -0.4 is 5.32 Å². The Balaban J connectivity index is 2.11. The van der Waals surface area contributed by atoms with Crippen molar-refractivity contribution in [2.75, 3.05) is 5.32 Å². The van der Waals surface area contributed by atoms with Crippen molar-refractivity contribution in [3.8, 4) is 0 Å². The molecule has 0 atom stereocenters. The van der Waals surface area contributed by atoms with Gasteiger partial charge < -0.3 is 15.0 Å². The fourth-order valence-electron chi connectivity index (χ4n) is 1.74. The molecule has 0 saturated carbocycles. The highest BCUT2D eigenvalue weighted by Gasteiger charge is 2.06. The number of carboxylic acid groups (broad SMARTS) is 1. The Labute approximate surface area is 105 Å². The van der Waals surface area contributed by atoms with Crippen molar-refractivity contribution in [2.24, 2.45) is 7.05 Å². The quantitative estimate of drug-likeness (QED) is 0.865. The molecule has 5 nitrogen and oxygen atoms in total. The number of aromatic carboxylic acids is 1. The van der Waals surface area contributed by atoms with Gasteiger partial charge in [-0.15, -0.1) is 0 Å². The van der Waals surface area contributed by atoms with Gasteiger partial charge in [-0.3, -0.25) is 0 Å². The standard InChI is InChI=1S/C13H15N3O2/c1-9-7-10(13(17)18)3-4-11(9)15-8-12-14-5-6-16(12)2/h3-7,15H,8H2,1-2H3,(H,17,18). The lowest BCUT2D eigenvalue weighted by atomic mass is 10.1. The van der Waals surface area contributed by atoms with Crippen molar-refractivity contribution < 1.29 is 9.90 Å². The van der Waals surface area contributed by atoms with Gasteiger partial charge in [-0.25, -0.2) is 9.78 Å². The fraction of sp³-hybridized carbons (Fsp3) is 0.231. The first-order valence-electron chi connectivity index (χ1n) is 5.62. The highest BCUT2D eigenvalue weighted by molar-refractivity contribution is 5.88. The van der Waals surface area contributed by atoms with Gasteiger partial charge in [-0.1, -0.05) is 0 Å². The van der Waals surface area contributed by atoms with E-state index in [4.69, 9.17) is 5.11 Å². The Bertz CT molecular complexity index is 575. The summed E-state index contributed by atoms with van der Waals surface area (Å²) in [5.74, 6) is 0.0189. The molecular formula is C13H15N3O2. The van der Waals surface area contributed by atoms with E-state index < -0.39 is 5.97 Å². The van der Waals surface area contributed by atoms with Gasteiger partial charge in [-0.05, 0) is 30.7 Å². The fourth-order valence-corrected chi connectivity index (χ4v) is 1.74. The Morgan fingerprint density at radius 3 is 2.83 bits per heavy atom. The van der Waals surface area contributed by atoms with Crippen molar-refractivity contribution in [3.63, 3.8) is 0 Å². The smallest absolute Gasteiger partial charge is 0.335 e. The van der Waals surface area contributed by atoms with Gasteiger partial charge in [0.05, 0.1) is 12.1 Å². The molecule has 1 heterocycles. The van der Waals surface area contributed by atoms with Crippen molar-refractivity contribution in [1.29, 1.82) is 0 Å². The number of carboxylic acids is 1. The van der Waals surface area contributed by atoms with Crippen molar-refractivity contribution in [1.82, 2.24) is 9.55 Å². The van der Waals surface area contributed by atoms with Gasteiger partial charge in [0.25, 0.3) is 0 Å². The lowest BCUT2D eigenvalue weighted by Gasteiger charge is -2.10. The molecule has 18 heavy (non-hydrogen) atoms. The lowest BCUT2D eigenvalue weighted by molar-refractivity contribution is 0.0697. The van der Waals surface area contributed by atoms with Gasteiger partial charge >= 0.3 is 5.97 Å². The molecule has 0 aliphatic rings. The van der Waals surface area contributed by atoms with E-state index >= 15 is 0 Å². The van der Waals surface area contributed by atoms with Crippen molar-refractivity contribution >= 4 is 11.7 Å². The number of rotatable bonds is 4. The summed E-state index contributed by atoms with van der Waals surface area (Å²) in [7, 11) is 1.93. The first-order valence-corrected chi connectivity index (χ1v) is 5.62. The summed E-state index contributed by atoms with van der Waals surface area (Å²) < 4.78 is 1.94. The first kappa shape index (κ1) is 12.2. The second-order valence-corrected chi connectivity index (χ2v) is 4.14. The summed E-state index contributed by atoms with van der Waals surface area (Å²) >= 11 is 0. The average Bonchev–Trinajstić information content (AvgIpc) is 2.73. The van der Waals surface area contributed by atoms with Crippen molar-refractivity contribution in [2.45, 2.75) is 13.5 Å². The van der Waals surface area contributed by atoms with Crippen LogP contribution in [-0.2, 0) is 13.6 Å². The normalized spacial score (nSPS) is 10.3. The molecule has 0 unspecified atom stereocenters. The number of nitrogens with one attached hydrogen (secondary N) is 1. The Hall–Kier alpha value is -2.30. The SMILES string of the molecule is Cc1cc(C(=O)O)ccc1NCc1nccn1C. The van der Waals surface area contributed by atoms with E-state index in [9.17, 15) is 4.79 Å². The van der Waals surface area contributed by atoms with Crippen LogP contribution in [0.4, 0.5) is 5.69 Å². The van der Waals surface area contributed by atoms with Crippen molar-refractivity contribution in [3.05, 3.63) is 47.5 Å². The van der Waals surface area contributed by atoms with Gasteiger partial charge in [0.2, 0.25) is 0 Å². The molecule has 1 aromatic carbocycles. The summed E-state index contributed by atoms with van der Waals surface area (Å²) in [5.41, 5.74) is 2.13. The van der Waals surface area contributed by atoms with Gasteiger partial charge in [0.1, 0.15) is 5.82 Å². The zero-order valence-corrected chi connectivity index (χ0v) is 10.3. The average molecular weight is 245 g/mol. The zero-order chi connectivity index (χ0) is 13.1. The van der Waals surface area contributed by atoms with E-state index in [1.165, 1.54) is 0 Å². The second-order valence-electron chi connectivity index (χ2n) is 4.14. The summed E-state index contributed by atoms with van der Waals surface area (Å²) in [6, 6.07) is 5.03. The molecule has 2 N–H and O–H groups in total. The predicted octanol–water partition coefficient (Wildman–Crippen LogP) is 2.04.